The maximum atomic E-state index is 4.06. The number of benzene rings is 2. The molecule has 0 bridgehead atoms. The molecule has 0 aliphatic rings. The highest BCUT2D eigenvalue weighted by molar-refractivity contribution is 5.17. The molecule has 0 saturated heterocycles. The molecule has 0 unspecified atom stereocenters. The molecule has 0 fully saturated rings. The quantitative estimate of drug-likeness (QED) is 0.746. The third kappa shape index (κ3) is 3.21. The smallest absolute Gasteiger partial charge is 0.0237 e. The van der Waals surface area contributed by atoms with Crippen molar-refractivity contribution >= 4 is 0 Å². The van der Waals surface area contributed by atoms with Crippen LogP contribution >= 0.6 is 0 Å². The summed E-state index contributed by atoms with van der Waals surface area (Å²) in [6, 6.07) is 20.8. The van der Waals surface area contributed by atoms with Crippen molar-refractivity contribution in [1.82, 2.24) is 4.90 Å². The zero-order valence-electron chi connectivity index (χ0n) is 9.34. The van der Waals surface area contributed by atoms with Crippen LogP contribution in [0.25, 0.3) is 0 Å². The molecule has 2 rings (SSSR count). The van der Waals surface area contributed by atoms with Crippen LogP contribution in [0.2, 0.25) is 0 Å². The van der Waals surface area contributed by atoms with Crippen molar-refractivity contribution in [1.29, 1.82) is 0 Å². The number of hydrogen-bond acceptors (Lipinski definition) is 1. The molecule has 2 aromatic rings. The molecule has 0 saturated carbocycles. The van der Waals surface area contributed by atoms with E-state index in [9.17, 15) is 0 Å². The topological polar surface area (TPSA) is 3.24 Å². The average Bonchev–Trinajstić information content (AvgIpc) is 2.31. The predicted octanol–water partition coefficient (Wildman–Crippen LogP) is 3.48. The van der Waals surface area contributed by atoms with E-state index in [1.54, 1.807) is 0 Å². The lowest BCUT2D eigenvalue weighted by atomic mass is 10.2. The Hall–Kier alpha value is -1.60. The molecule has 1 nitrogen and oxygen atoms in total. The van der Waals surface area contributed by atoms with Gasteiger partial charge in [-0.2, -0.15) is 0 Å². The van der Waals surface area contributed by atoms with Gasteiger partial charge in [0.25, 0.3) is 0 Å². The maximum absolute atomic E-state index is 4.06. The highest BCUT2D eigenvalue weighted by atomic mass is 15.1. The van der Waals surface area contributed by atoms with Gasteiger partial charge in [0, 0.05) is 20.1 Å². The van der Waals surface area contributed by atoms with E-state index in [1.165, 1.54) is 11.1 Å². The molecule has 2 aromatic carbocycles. The molecule has 0 amide bonds. The molecule has 0 spiro atoms. The summed E-state index contributed by atoms with van der Waals surface area (Å²) in [7, 11) is 4.06. The van der Waals surface area contributed by atoms with Crippen molar-refractivity contribution in [2.45, 2.75) is 13.1 Å². The van der Waals surface area contributed by atoms with E-state index >= 15 is 0 Å². The number of hydrogen-bond donors (Lipinski definition) is 0. The van der Waals surface area contributed by atoms with E-state index in [1.807, 2.05) is 12.1 Å². The highest BCUT2D eigenvalue weighted by Gasteiger charge is 2.00. The van der Waals surface area contributed by atoms with Gasteiger partial charge in [-0.1, -0.05) is 60.7 Å². The summed E-state index contributed by atoms with van der Waals surface area (Å²) < 4.78 is 0. The minimum atomic E-state index is 0.885. The second-order valence-corrected chi connectivity index (χ2v) is 3.96. The van der Waals surface area contributed by atoms with E-state index in [0.29, 0.717) is 0 Å². The zero-order valence-corrected chi connectivity index (χ0v) is 9.34. The standard InChI is InChI=1S/C15H16N/c1-16(12-14-8-4-2-5-9-14)13-15-10-6-3-7-11-15/h2-11H,1,12-13H2. The molecule has 0 aromatic heterocycles. The molecule has 0 aliphatic carbocycles. The molecular weight excluding hydrogens is 194 g/mol. The third-order valence-corrected chi connectivity index (χ3v) is 2.50. The van der Waals surface area contributed by atoms with E-state index in [0.717, 1.165) is 13.1 Å². The second-order valence-electron chi connectivity index (χ2n) is 3.96. The first-order valence-corrected chi connectivity index (χ1v) is 5.48. The Balaban J connectivity index is 1.92. The Morgan fingerprint density at radius 2 is 1.06 bits per heavy atom. The van der Waals surface area contributed by atoms with Gasteiger partial charge in [-0.3, -0.25) is 4.90 Å². The van der Waals surface area contributed by atoms with Gasteiger partial charge in [0.1, 0.15) is 0 Å². The van der Waals surface area contributed by atoms with Crippen molar-refractivity contribution in [3.63, 3.8) is 0 Å². The van der Waals surface area contributed by atoms with Crippen LogP contribution < -0.4 is 0 Å². The predicted molar refractivity (Wildman–Crippen MR) is 67.5 cm³/mol. The van der Waals surface area contributed by atoms with Gasteiger partial charge in [-0.15, -0.1) is 0 Å². The summed E-state index contributed by atoms with van der Waals surface area (Å²) in [4.78, 5) is 2.07. The Morgan fingerprint density at radius 3 is 1.44 bits per heavy atom. The van der Waals surface area contributed by atoms with Gasteiger partial charge in [0.15, 0.2) is 0 Å². The number of nitrogens with zero attached hydrogens (tertiary/aromatic N) is 1. The zero-order chi connectivity index (χ0) is 11.2. The summed E-state index contributed by atoms with van der Waals surface area (Å²) in [5, 5.41) is 0. The lowest BCUT2D eigenvalue weighted by molar-refractivity contribution is 0.356. The van der Waals surface area contributed by atoms with Crippen LogP contribution in [0.5, 0.6) is 0 Å². The van der Waals surface area contributed by atoms with Crippen LogP contribution in [-0.2, 0) is 13.1 Å². The lowest BCUT2D eigenvalue weighted by Gasteiger charge is -2.16. The minimum Gasteiger partial charge on any atom is -0.294 e. The molecule has 16 heavy (non-hydrogen) atoms. The normalized spacial score (nSPS) is 10.6. The van der Waals surface area contributed by atoms with Crippen molar-refractivity contribution in [2.24, 2.45) is 0 Å². The van der Waals surface area contributed by atoms with E-state index in [2.05, 4.69) is 60.5 Å². The summed E-state index contributed by atoms with van der Waals surface area (Å²) in [5.41, 5.74) is 2.60. The molecule has 0 atom stereocenters. The van der Waals surface area contributed by atoms with Crippen LogP contribution in [-0.4, -0.2) is 4.90 Å². The minimum absolute atomic E-state index is 0.885. The summed E-state index contributed by atoms with van der Waals surface area (Å²) in [5.74, 6) is 0. The fourth-order valence-electron chi connectivity index (χ4n) is 1.74. The summed E-state index contributed by atoms with van der Waals surface area (Å²) in [6.45, 7) is 1.77. The van der Waals surface area contributed by atoms with Crippen molar-refractivity contribution in [2.75, 3.05) is 0 Å². The molecular formula is C15H16N. The second kappa shape index (κ2) is 5.47. The van der Waals surface area contributed by atoms with Gasteiger partial charge in [-0.25, -0.2) is 0 Å². The monoisotopic (exact) mass is 210 g/mol. The molecule has 81 valence electrons. The highest BCUT2D eigenvalue weighted by Crippen LogP contribution is 2.08. The van der Waals surface area contributed by atoms with Crippen molar-refractivity contribution in [3.8, 4) is 0 Å². The van der Waals surface area contributed by atoms with Crippen LogP contribution in [0, 0.1) is 7.05 Å². The van der Waals surface area contributed by atoms with Crippen LogP contribution in [0.15, 0.2) is 60.7 Å². The maximum Gasteiger partial charge on any atom is 0.0237 e. The van der Waals surface area contributed by atoms with Gasteiger partial charge >= 0.3 is 0 Å². The van der Waals surface area contributed by atoms with Gasteiger partial charge in [-0.05, 0) is 11.1 Å². The first kappa shape index (κ1) is 10.9. The fraction of sp³-hybridized carbons (Fsp3) is 0.133. The molecule has 0 heterocycles. The first-order chi connectivity index (χ1) is 7.84. The third-order valence-electron chi connectivity index (χ3n) is 2.50. The summed E-state index contributed by atoms with van der Waals surface area (Å²) >= 11 is 0. The Morgan fingerprint density at radius 1 is 0.688 bits per heavy atom. The van der Waals surface area contributed by atoms with Gasteiger partial charge < -0.3 is 0 Å². The molecule has 0 aliphatic heterocycles. The lowest BCUT2D eigenvalue weighted by Crippen LogP contribution is -2.14. The summed E-state index contributed by atoms with van der Waals surface area (Å²) in [6.07, 6.45) is 0. The van der Waals surface area contributed by atoms with Crippen molar-refractivity contribution < 1.29 is 0 Å². The SMILES string of the molecule is [CH2]N(Cc1ccccc1)Cc1ccccc1. The Labute approximate surface area is 97.3 Å². The molecule has 0 N–H and O–H groups in total. The Kier molecular flexibility index (Phi) is 3.73. The molecule has 1 radical (unpaired) electrons. The largest absolute Gasteiger partial charge is 0.294 e. The fourth-order valence-corrected chi connectivity index (χ4v) is 1.74. The van der Waals surface area contributed by atoms with E-state index in [-0.39, 0.29) is 0 Å². The number of rotatable bonds is 4. The van der Waals surface area contributed by atoms with Gasteiger partial charge in [0.2, 0.25) is 0 Å². The van der Waals surface area contributed by atoms with Crippen LogP contribution in [0.3, 0.4) is 0 Å². The first-order valence-electron chi connectivity index (χ1n) is 5.48. The van der Waals surface area contributed by atoms with Crippen LogP contribution in [0.1, 0.15) is 11.1 Å². The van der Waals surface area contributed by atoms with Crippen molar-refractivity contribution in [3.05, 3.63) is 78.8 Å². The van der Waals surface area contributed by atoms with E-state index in [4.69, 9.17) is 0 Å². The Bertz CT molecular complexity index is 366. The van der Waals surface area contributed by atoms with Gasteiger partial charge in [0.05, 0.1) is 0 Å². The van der Waals surface area contributed by atoms with E-state index < -0.39 is 0 Å². The average molecular weight is 210 g/mol. The molecule has 1 heteroatoms. The van der Waals surface area contributed by atoms with Crippen LogP contribution in [0.4, 0.5) is 0 Å².